The third-order valence-electron chi connectivity index (χ3n) is 4.23. The molecule has 0 amide bonds. The molecule has 0 aliphatic carbocycles. The molecule has 3 aromatic rings. The van der Waals surface area contributed by atoms with Gasteiger partial charge in [0.15, 0.2) is 0 Å². The summed E-state index contributed by atoms with van der Waals surface area (Å²) in [6, 6.07) is 5.61. The molecule has 1 unspecified atom stereocenters. The zero-order chi connectivity index (χ0) is 20.8. The van der Waals surface area contributed by atoms with Crippen molar-refractivity contribution >= 4 is 59.5 Å². The van der Waals surface area contributed by atoms with E-state index in [0.29, 0.717) is 10.8 Å². The predicted molar refractivity (Wildman–Crippen MR) is 105 cm³/mol. The van der Waals surface area contributed by atoms with Gasteiger partial charge in [0, 0.05) is 16.8 Å². The molecular formula is C17H15BrN2O7S. The second-order valence-electron chi connectivity index (χ2n) is 6.50. The fourth-order valence-corrected chi connectivity index (χ4v) is 4.62. The molecule has 0 aliphatic heterocycles. The first-order valence-corrected chi connectivity index (χ1v) is 10.3. The molecule has 0 aliphatic rings. The molecule has 0 bridgehead atoms. The van der Waals surface area contributed by atoms with Crippen LogP contribution in [0.1, 0.15) is 13.8 Å². The first kappa shape index (κ1) is 20.2. The second-order valence-corrected chi connectivity index (χ2v) is 9.07. The number of hydrogen-bond acceptors (Lipinski definition) is 6. The van der Waals surface area contributed by atoms with E-state index in [1.165, 1.54) is 30.3 Å². The van der Waals surface area contributed by atoms with Gasteiger partial charge >= 0.3 is 5.97 Å². The third kappa shape index (κ3) is 3.60. The number of hydrogen-bond donors (Lipinski definition) is 2. The van der Waals surface area contributed by atoms with Gasteiger partial charge in [-0.05, 0) is 40.0 Å². The number of rotatable bonds is 6. The number of furan rings is 1. The average molecular weight is 471 g/mol. The average Bonchev–Trinajstić information content (AvgIpc) is 2.95. The van der Waals surface area contributed by atoms with E-state index in [2.05, 4.69) is 20.7 Å². The summed E-state index contributed by atoms with van der Waals surface area (Å²) in [5.74, 6) is -1.74. The lowest BCUT2D eigenvalue weighted by Gasteiger charge is -2.17. The molecule has 0 fully saturated rings. The van der Waals surface area contributed by atoms with Crippen LogP contribution in [0, 0.1) is 16.0 Å². The van der Waals surface area contributed by atoms with E-state index in [4.69, 9.17) is 4.42 Å². The van der Waals surface area contributed by atoms with E-state index in [1.807, 2.05) is 0 Å². The first-order valence-electron chi connectivity index (χ1n) is 8.06. The molecule has 2 N–H and O–H groups in total. The smallest absolute Gasteiger partial charge is 0.322 e. The second kappa shape index (κ2) is 7.15. The maximum absolute atomic E-state index is 12.6. The van der Waals surface area contributed by atoms with Crippen molar-refractivity contribution < 1.29 is 27.7 Å². The molecule has 2 aromatic carbocycles. The summed E-state index contributed by atoms with van der Waals surface area (Å²) in [5, 5.41) is 21.4. The van der Waals surface area contributed by atoms with Gasteiger partial charge < -0.3 is 9.52 Å². The van der Waals surface area contributed by atoms with Crippen molar-refractivity contribution in [3.05, 3.63) is 44.9 Å². The maximum Gasteiger partial charge on any atom is 0.322 e. The van der Waals surface area contributed by atoms with Crippen LogP contribution in [0.4, 0.5) is 5.69 Å². The topological polar surface area (TPSA) is 140 Å². The zero-order valence-electron chi connectivity index (χ0n) is 14.7. The van der Waals surface area contributed by atoms with Crippen LogP contribution in [-0.4, -0.2) is 30.5 Å². The summed E-state index contributed by atoms with van der Waals surface area (Å²) in [4.78, 5) is 21.6. The SMILES string of the molecule is CC(C)C(NS(=O)(=O)c1ccc2c(c1)oc1cc([N+](=O)[O-])c(Br)cc12)C(=O)O. The number of nitro groups is 1. The Morgan fingerprint density at radius 3 is 2.43 bits per heavy atom. The van der Waals surface area contributed by atoms with Crippen LogP contribution in [0.3, 0.4) is 0 Å². The van der Waals surface area contributed by atoms with Crippen LogP contribution >= 0.6 is 15.9 Å². The van der Waals surface area contributed by atoms with Crippen LogP contribution in [0.2, 0.25) is 0 Å². The molecule has 11 heteroatoms. The monoisotopic (exact) mass is 470 g/mol. The Balaban J connectivity index is 2.10. The summed E-state index contributed by atoms with van der Waals surface area (Å²) in [5.41, 5.74) is 0.266. The highest BCUT2D eigenvalue weighted by atomic mass is 79.9. The third-order valence-corrected chi connectivity index (χ3v) is 6.31. The highest BCUT2D eigenvalue weighted by molar-refractivity contribution is 9.10. The normalized spacial score (nSPS) is 13.3. The zero-order valence-corrected chi connectivity index (χ0v) is 17.1. The summed E-state index contributed by atoms with van der Waals surface area (Å²) in [7, 11) is -4.12. The first-order chi connectivity index (χ1) is 13.0. The lowest BCUT2D eigenvalue weighted by atomic mass is 10.1. The lowest BCUT2D eigenvalue weighted by molar-refractivity contribution is -0.385. The number of fused-ring (bicyclic) bond motifs is 3. The number of nitrogens with one attached hydrogen (secondary N) is 1. The van der Waals surface area contributed by atoms with Gasteiger partial charge in [-0.25, -0.2) is 8.42 Å². The minimum Gasteiger partial charge on any atom is -0.480 e. The Hall–Kier alpha value is -2.50. The molecule has 28 heavy (non-hydrogen) atoms. The van der Waals surface area contributed by atoms with E-state index in [1.54, 1.807) is 13.8 Å². The maximum atomic E-state index is 12.6. The Morgan fingerprint density at radius 2 is 1.86 bits per heavy atom. The van der Waals surface area contributed by atoms with E-state index in [9.17, 15) is 28.4 Å². The number of sulfonamides is 1. The number of nitrogens with zero attached hydrogens (tertiary/aromatic N) is 1. The van der Waals surface area contributed by atoms with E-state index < -0.39 is 32.9 Å². The molecule has 0 radical (unpaired) electrons. The van der Waals surface area contributed by atoms with Crippen molar-refractivity contribution in [3.63, 3.8) is 0 Å². The van der Waals surface area contributed by atoms with Crippen LogP contribution in [-0.2, 0) is 14.8 Å². The number of carbonyl (C=O) groups is 1. The largest absolute Gasteiger partial charge is 0.480 e. The standard InChI is InChI=1S/C17H15BrN2O7S/c1-8(2)16(17(21)22)19-28(25,26)9-3-4-10-11-6-12(18)13(20(23)24)7-15(11)27-14(10)5-9/h3-8,16,19H,1-2H3,(H,21,22). The molecule has 0 spiro atoms. The van der Waals surface area contributed by atoms with Crippen LogP contribution in [0.5, 0.6) is 0 Å². The van der Waals surface area contributed by atoms with E-state index in [0.717, 1.165) is 0 Å². The molecule has 1 atom stereocenters. The molecule has 0 saturated heterocycles. The molecule has 1 aromatic heterocycles. The van der Waals surface area contributed by atoms with Gasteiger partial charge in [0.25, 0.3) is 5.69 Å². The van der Waals surface area contributed by atoms with Gasteiger partial charge in [-0.1, -0.05) is 13.8 Å². The number of aliphatic carboxylic acids is 1. The summed E-state index contributed by atoms with van der Waals surface area (Å²) < 4.78 is 33.2. The summed E-state index contributed by atoms with van der Waals surface area (Å²) in [6.07, 6.45) is 0. The van der Waals surface area contributed by atoms with Crippen molar-refractivity contribution in [1.29, 1.82) is 0 Å². The lowest BCUT2D eigenvalue weighted by Crippen LogP contribution is -2.44. The minimum atomic E-state index is -4.12. The fourth-order valence-electron chi connectivity index (χ4n) is 2.78. The van der Waals surface area contributed by atoms with E-state index >= 15 is 0 Å². The Labute approximate surface area is 167 Å². The molecule has 1 heterocycles. The van der Waals surface area contributed by atoms with Crippen LogP contribution < -0.4 is 4.72 Å². The van der Waals surface area contributed by atoms with Crippen LogP contribution in [0.25, 0.3) is 21.9 Å². The van der Waals surface area contributed by atoms with Crippen LogP contribution in [0.15, 0.2) is 44.1 Å². The van der Waals surface area contributed by atoms with Gasteiger partial charge in [-0.15, -0.1) is 0 Å². The molecule has 3 rings (SSSR count). The van der Waals surface area contributed by atoms with Crippen molar-refractivity contribution in [2.45, 2.75) is 24.8 Å². The number of benzene rings is 2. The Bertz CT molecular complexity index is 1220. The number of carboxylic acid groups (broad SMARTS) is 1. The number of carboxylic acids is 1. The number of halogens is 1. The van der Waals surface area contributed by atoms with Gasteiger partial charge in [0.1, 0.15) is 17.2 Å². The van der Waals surface area contributed by atoms with Crippen molar-refractivity contribution in [1.82, 2.24) is 4.72 Å². The van der Waals surface area contributed by atoms with E-state index in [-0.39, 0.29) is 26.2 Å². The minimum absolute atomic E-state index is 0.167. The quantitative estimate of drug-likeness (QED) is 0.413. The summed E-state index contributed by atoms with van der Waals surface area (Å²) in [6.45, 7) is 3.18. The van der Waals surface area contributed by atoms with Gasteiger partial charge in [-0.3, -0.25) is 14.9 Å². The molecule has 0 saturated carbocycles. The highest BCUT2D eigenvalue weighted by Gasteiger charge is 2.28. The van der Waals surface area contributed by atoms with Gasteiger partial charge in [0.05, 0.1) is 20.4 Å². The Morgan fingerprint density at radius 1 is 1.21 bits per heavy atom. The van der Waals surface area contributed by atoms with Gasteiger partial charge in [-0.2, -0.15) is 4.72 Å². The van der Waals surface area contributed by atoms with Crippen molar-refractivity contribution in [2.75, 3.05) is 0 Å². The summed E-state index contributed by atoms with van der Waals surface area (Å²) >= 11 is 3.14. The highest BCUT2D eigenvalue weighted by Crippen LogP contribution is 2.36. The Kier molecular flexibility index (Phi) is 5.17. The molecule has 9 nitrogen and oxygen atoms in total. The number of nitro benzene ring substituents is 1. The fraction of sp³-hybridized carbons (Fsp3) is 0.235. The predicted octanol–water partition coefficient (Wildman–Crippen LogP) is 3.64. The van der Waals surface area contributed by atoms with Gasteiger partial charge in [0.2, 0.25) is 10.0 Å². The molecular weight excluding hydrogens is 456 g/mol. The van der Waals surface area contributed by atoms with Crippen molar-refractivity contribution in [2.24, 2.45) is 5.92 Å². The van der Waals surface area contributed by atoms with Crippen molar-refractivity contribution in [3.8, 4) is 0 Å². The molecule has 148 valence electrons.